The highest BCUT2D eigenvalue weighted by Gasteiger charge is 2.24. The molecule has 19 heavy (non-hydrogen) atoms. The van der Waals surface area contributed by atoms with Crippen molar-refractivity contribution in [2.24, 2.45) is 0 Å². The number of rotatable bonds is 4. The first-order valence-corrected chi connectivity index (χ1v) is 6.80. The number of imide groups is 1. The zero-order valence-corrected chi connectivity index (χ0v) is 11.3. The van der Waals surface area contributed by atoms with Crippen LogP contribution in [0.5, 0.6) is 0 Å². The van der Waals surface area contributed by atoms with Gasteiger partial charge in [0.25, 0.3) is 11.1 Å². The van der Waals surface area contributed by atoms with Crippen LogP contribution in [-0.4, -0.2) is 17.7 Å². The minimum Gasteiger partial charge on any atom is -0.397 e. The zero-order chi connectivity index (χ0) is 13.8. The number of amides is 2. The number of benzene rings is 1. The Bertz CT molecular complexity index is 555. The summed E-state index contributed by atoms with van der Waals surface area (Å²) in [6.45, 7) is 2.90. The minimum atomic E-state index is -0.352. The molecular formula is C13H15N3O2S. The van der Waals surface area contributed by atoms with E-state index in [1.165, 1.54) is 0 Å². The average Bonchev–Trinajstić information content (AvgIpc) is 2.68. The van der Waals surface area contributed by atoms with E-state index in [-0.39, 0.29) is 11.1 Å². The molecule has 0 atom stereocenters. The van der Waals surface area contributed by atoms with E-state index in [0.29, 0.717) is 10.6 Å². The van der Waals surface area contributed by atoms with Gasteiger partial charge in [0.15, 0.2) is 0 Å². The lowest BCUT2D eigenvalue weighted by Gasteiger charge is -2.09. The number of anilines is 2. The predicted molar refractivity (Wildman–Crippen MR) is 78.7 cm³/mol. The van der Waals surface area contributed by atoms with E-state index in [2.05, 4.69) is 17.6 Å². The van der Waals surface area contributed by atoms with E-state index < -0.39 is 0 Å². The molecule has 1 heterocycles. The summed E-state index contributed by atoms with van der Waals surface area (Å²) in [6.07, 6.45) is 2.68. The van der Waals surface area contributed by atoms with Crippen molar-refractivity contribution < 1.29 is 9.59 Å². The molecule has 0 spiro atoms. The van der Waals surface area contributed by atoms with Crippen molar-refractivity contribution in [3.8, 4) is 0 Å². The fraction of sp³-hybridized carbons (Fsp3) is 0.231. The van der Waals surface area contributed by atoms with Gasteiger partial charge in [-0.15, -0.1) is 0 Å². The standard InChI is InChI=1S/C13H15N3O2S/c1-2-5-15-10-6-8(3-4-9(10)14)7-11-12(17)16-13(18)19-11/h3-4,6-7,15H,2,5,14H2,1H3,(H,16,17,18). The summed E-state index contributed by atoms with van der Waals surface area (Å²) in [7, 11) is 0. The highest BCUT2D eigenvalue weighted by Crippen LogP contribution is 2.27. The number of thioether (sulfide) groups is 1. The zero-order valence-electron chi connectivity index (χ0n) is 10.5. The molecule has 2 rings (SSSR count). The van der Waals surface area contributed by atoms with Crippen LogP contribution in [0.1, 0.15) is 18.9 Å². The summed E-state index contributed by atoms with van der Waals surface area (Å²) in [5, 5.41) is 5.11. The monoisotopic (exact) mass is 277 g/mol. The van der Waals surface area contributed by atoms with E-state index in [1.54, 1.807) is 12.1 Å². The van der Waals surface area contributed by atoms with Crippen molar-refractivity contribution in [2.45, 2.75) is 13.3 Å². The normalized spacial score (nSPS) is 16.8. The van der Waals surface area contributed by atoms with Crippen LogP contribution in [0.3, 0.4) is 0 Å². The van der Waals surface area contributed by atoms with Crippen LogP contribution in [0.4, 0.5) is 16.2 Å². The van der Waals surface area contributed by atoms with Gasteiger partial charge >= 0.3 is 0 Å². The van der Waals surface area contributed by atoms with E-state index in [1.807, 2.05) is 12.1 Å². The van der Waals surface area contributed by atoms with E-state index >= 15 is 0 Å². The molecule has 100 valence electrons. The van der Waals surface area contributed by atoms with Crippen LogP contribution < -0.4 is 16.4 Å². The molecule has 0 aromatic heterocycles. The maximum Gasteiger partial charge on any atom is 0.290 e. The van der Waals surface area contributed by atoms with Crippen LogP contribution in [0.15, 0.2) is 23.1 Å². The van der Waals surface area contributed by atoms with E-state index in [9.17, 15) is 9.59 Å². The topological polar surface area (TPSA) is 84.2 Å². The average molecular weight is 277 g/mol. The van der Waals surface area contributed by atoms with Gasteiger partial charge < -0.3 is 11.1 Å². The predicted octanol–water partition coefficient (Wildman–Crippen LogP) is 2.41. The van der Waals surface area contributed by atoms with Gasteiger partial charge in [0, 0.05) is 6.54 Å². The molecule has 4 N–H and O–H groups in total. The number of nitrogens with two attached hydrogens (primary N) is 1. The number of carbonyl (C=O) groups excluding carboxylic acids is 2. The van der Waals surface area contributed by atoms with Crippen LogP contribution in [0.25, 0.3) is 6.08 Å². The Morgan fingerprint density at radius 2 is 2.21 bits per heavy atom. The van der Waals surface area contributed by atoms with Crippen molar-refractivity contribution >= 4 is 40.4 Å². The van der Waals surface area contributed by atoms with E-state index in [4.69, 9.17) is 5.73 Å². The van der Waals surface area contributed by atoms with Crippen LogP contribution in [-0.2, 0) is 4.79 Å². The Labute approximate surface area is 115 Å². The molecule has 0 radical (unpaired) electrons. The first-order chi connectivity index (χ1) is 9.10. The number of hydrogen-bond acceptors (Lipinski definition) is 5. The second kappa shape index (κ2) is 5.79. The molecule has 0 aliphatic carbocycles. The maximum atomic E-state index is 11.5. The quantitative estimate of drug-likeness (QED) is 0.581. The summed E-state index contributed by atoms with van der Waals surface area (Å²) in [5.74, 6) is -0.352. The van der Waals surface area contributed by atoms with E-state index in [0.717, 1.165) is 36.0 Å². The van der Waals surface area contributed by atoms with Crippen LogP contribution >= 0.6 is 11.8 Å². The Hall–Kier alpha value is -1.95. The van der Waals surface area contributed by atoms with Gasteiger partial charge in [0.2, 0.25) is 0 Å². The van der Waals surface area contributed by atoms with Crippen molar-refractivity contribution in [1.29, 1.82) is 0 Å². The lowest BCUT2D eigenvalue weighted by Crippen LogP contribution is -2.17. The Kier molecular flexibility index (Phi) is 4.11. The van der Waals surface area contributed by atoms with Crippen molar-refractivity contribution in [3.63, 3.8) is 0 Å². The highest BCUT2D eigenvalue weighted by molar-refractivity contribution is 8.18. The Morgan fingerprint density at radius 1 is 1.42 bits per heavy atom. The molecule has 1 saturated heterocycles. The minimum absolute atomic E-state index is 0.337. The third-order valence-corrected chi connectivity index (χ3v) is 3.39. The van der Waals surface area contributed by atoms with Crippen LogP contribution in [0, 0.1) is 0 Å². The molecule has 2 amide bonds. The molecule has 0 bridgehead atoms. The van der Waals surface area contributed by atoms with Crippen molar-refractivity contribution in [3.05, 3.63) is 28.7 Å². The Balaban J connectivity index is 2.23. The molecule has 6 heteroatoms. The molecule has 1 aliphatic heterocycles. The van der Waals surface area contributed by atoms with Gasteiger partial charge in [0.05, 0.1) is 16.3 Å². The van der Waals surface area contributed by atoms with Crippen molar-refractivity contribution in [2.75, 3.05) is 17.6 Å². The highest BCUT2D eigenvalue weighted by atomic mass is 32.2. The second-order valence-corrected chi connectivity index (χ2v) is 5.14. The van der Waals surface area contributed by atoms with Crippen LogP contribution in [0.2, 0.25) is 0 Å². The molecule has 1 aromatic rings. The van der Waals surface area contributed by atoms with Gasteiger partial charge in [0.1, 0.15) is 0 Å². The van der Waals surface area contributed by atoms with Gasteiger partial charge in [-0.25, -0.2) is 0 Å². The molecular weight excluding hydrogens is 262 g/mol. The van der Waals surface area contributed by atoms with Gasteiger partial charge in [-0.05, 0) is 42.0 Å². The maximum absolute atomic E-state index is 11.5. The first-order valence-electron chi connectivity index (χ1n) is 5.98. The third-order valence-electron chi connectivity index (χ3n) is 2.58. The first kappa shape index (κ1) is 13.5. The lowest BCUT2D eigenvalue weighted by molar-refractivity contribution is -0.115. The SMILES string of the molecule is CCCNc1cc(C=C2SC(=O)NC2=O)ccc1N. The fourth-order valence-corrected chi connectivity index (χ4v) is 2.33. The summed E-state index contributed by atoms with van der Waals surface area (Å²) in [6, 6.07) is 5.47. The smallest absolute Gasteiger partial charge is 0.290 e. The lowest BCUT2D eigenvalue weighted by atomic mass is 10.1. The van der Waals surface area contributed by atoms with Gasteiger partial charge in [-0.1, -0.05) is 13.0 Å². The molecule has 0 unspecified atom stereocenters. The molecule has 1 fully saturated rings. The summed E-state index contributed by atoms with van der Waals surface area (Å²) < 4.78 is 0. The molecule has 5 nitrogen and oxygen atoms in total. The second-order valence-electron chi connectivity index (χ2n) is 4.13. The molecule has 0 saturated carbocycles. The number of hydrogen-bond donors (Lipinski definition) is 3. The van der Waals surface area contributed by atoms with Crippen molar-refractivity contribution in [1.82, 2.24) is 5.32 Å². The van der Waals surface area contributed by atoms with Gasteiger partial charge in [-0.3, -0.25) is 14.9 Å². The summed E-state index contributed by atoms with van der Waals surface area (Å²) >= 11 is 0.906. The molecule has 1 aromatic carbocycles. The Morgan fingerprint density at radius 3 is 2.84 bits per heavy atom. The summed E-state index contributed by atoms with van der Waals surface area (Å²) in [4.78, 5) is 22.9. The van der Waals surface area contributed by atoms with Gasteiger partial charge in [-0.2, -0.15) is 0 Å². The number of nitrogen functional groups attached to an aromatic ring is 1. The largest absolute Gasteiger partial charge is 0.397 e. The number of nitrogens with one attached hydrogen (secondary N) is 2. The number of carbonyl (C=O) groups is 2. The summed E-state index contributed by atoms with van der Waals surface area (Å²) in [5.41, 5.74) is 8.20. The fourth-order valence-electron chi connectivity index (χ4n) is 1.65. The molecule has 1 aliphatic rings. The third kappa shape index (κ3) is 3.29.